The first kappa shape index (κ1) is 14.2. The third-order valence-corrected chi connectivity index (χ3v) is 4.08. The van der Waals surface area contributed by atoms with E-state index < -0.39 is 0 Å². The van der Waals surface area contributed by atoms with E-state index in [0.717, 1.165) is 15.6 Å². The van der Waals surface area contributed by atoms with Crippen molar-refractivity contribution in [1.29, 1.82) is 0 Å². The van der Waals surface area contributed by atoms with Gasteiger partial charge in [0.25, 0.3) is 0 Å². The molecule has 0 aromatic heterocycles. The number of nitrogens with two attached hydrogens (primary N) is 1. The highest BCUT2D eigenvalue weighted by atomic mass is 79.9. The lowest BCUT2D eigenvalue weighted by Gasteiger charge is -2.16. The van der Waals surface area contributed by atoms with Crippen LogP contribution in [0.4, 0.5) is 0 Å². The van der Waals surface area contributed by atoms with Gasteiger partial charge in [-0.3, -0.25) is 0 Å². The molecule has 0 radical (unpaired) electrons. The maximum atomic E-state index is 6.22. The molecular formula is C13H9BrCl3N. The van der Waals surface area contributed by atoms with Crippen LogP contribution < -0.4 is 5.73 Å². The van der Waals surface area contributed by atoms with E-state index in [9.17, 15) is 0 Å². The number of hydrogen-bond acceptors (Lipinski definition) is 1. The van der Waals surface area contributed by atoms with Gasteiger partial charge in [0, 0.05) is 19.5 Å². The van der Waals surface area contributed by atoms with Crippen LogP contribution in [0.15, 0.2) is 40.9 Å². The second kappa shape index (κ2) is 5.81. The van der Waals surface area contributed by atoms with Crippen molar-refractivity contribution in [3.63, 3.8) is 0 Å². The summed E-state index contributed by atoms with van der Waals surface area (Å²) in [7, 11) is 0. The molecule has 94 valence electrons. The Hall–Kier alpha value is -0.250. The Morgan fingerprint density at radius 3 is 2.00 bits per heavy atom. The fourth-order valence-corrected chi connectivity index (χ4v) is 3.13. The van der Waals surface area contributed by atoms with Crippen molar-refractivity contribution in [2.45, 2.75) is 6.04 Å². The van der Waals surface area contributed by atoms with Gasteiger partial charge in [-0.1, -0.05) is 62.9 Å². The van der Waals surface area contributed by atoms with E-state index in [-0.39, 0.29) is 6.04 Å². The first-order valence-corrected chi connectivity index (χ1v) is 7.07. The first-order chi connectivity index (χ1) is 8.49. The molecule has 2 rings (SSSR count). The molecule has 2 aromatic carbocycles. The van der Waals surface area contributed by atoms with Crippen molar-refractivity contribution in [2.24, 2.45) is 5.73 Å². The van der Waals surface area contributed by atoms with E-state index in [2.05, 4.69) is 15.9 Å². The normalized spacial score (nSPS) is 12.5. The van der Waals surface area contributed by atoms with Crippen molar-refractivity contribution < 1.29 is 0 Å². The van der Waals surface area contributed by atoms with Gasteiger partial charge in [0.15, 0.2) is 0 Å². The topological polar surface area (TPSA) is 26.0 Å². The third kappa shape index (κ3) is 3.01. The first-order valence-electron chi connectivity index (χ1n) is 5.14. The molecule has 0 fully saturated rings. The molecule has 0 aliphatic carbocycles. The van der Waals surface area contributed by atoms with E-state index in [4.69, 9.17) is 40.5 Å². The van der Waals surface area contributed by atoms with Crippen LogP contribution in [0.5, 0.6) is 0 Å². The number of hydrogen-bond donors (Lipinski definition) is 1. The van der Waals surface area contributed by atoms with Gasteiger partial charge < -0.3 is 5.73 Å². The summed E-state index contributed by atoms with van der Waals surface area (Å²) < 4.78 is 0.855. The Morgan fingerprint density at radius 1 is 0.889 bits per heavy atom. The smallest absolute Gasteiger partial charge is 0.0577 e. The fraction of sp³-hybridized carbons (Fsp3) is 0.0769. The van der Waals surface area contributed by atoms with Crippen molar-refractivity contribution in [3.05, 3.63) is 67.1 Å². The Morgan fingerprint density at radius 2 is 1.44 bits per heavy atom. The van der Waals surface area contributed by atoms with Crippen LogP contribution in [-0.2, 0) is 0 Å². The lowest BCUT2D eigenvalue weighted by molar-refractivity contribution is 0.866. The number of benzene rings is 2. The molecule has 0 saturated heterocycles. The van der Waals surface area contributed by atoms with Gasteiger partial charge in [0.05, 0.1) is 6.04 Å². The Bertz CT molecular complexity index is 535. The van der Waals surface area contributed by atoms with Crippen molar-refractivity contribution in [3.8, 4) is 0 Å². The molecule has 0 heterocycles. The standard InChI is InChI=1S/C13H9BrCl3N/c14-11-5-7(15)1-3-9(11)13(18)10-4-2-8(16)6-12(10)17/h1-6,13H,18H2. The molecule has 0 aliphatic heterocycles. The number of rotatable bonds is 2. The Kier molecular flexibility index (Phi) is 4.57. The Labute approximate surface area is 129 Å². The maximum Gasteiger partial charge on any atom is 0.0577 e. The zero-order valence-electron chi connectivity index (χ0n) is 9.13. The van der Waals surface area contributed by atoms with Crippen LogP contribution in [0.2, 0.25) is 15.1 Å². The molecule has 1 atom stereocenters. The Balaban J connectivity index is 2.44. The summed E-state index contributed by atoms with van der Waals surface area (Å²) in [4.78, 5) is 0. The predicted molar refractivity (Wildman–Crippen MR) is 81.6 cm³/mol. The summed E-state index contributed by atoms with van der Waals surface area (Å²) in [5.41, 5.74) is 7.96. The molecule has 0 amide bonds. The molecular weight excluding hydrogens is 356 g/mol. The van der Waals surface area contributed by atoms with Gasteiger partial charge in [-0.05, 0) is 35.4 Å². The molecule has 5 heteroatoms. The second-order valence-electron chi connectivity index (χ2n) is 3.81. The summed E-state index contributed by atoms with van der Waals surface area (Å²) in [5, 5.41) is 1.79. The van der Waals surface area contributed by atoms with E-state index in [1.807, 2.05) is 12.1 Å². The molecule has 18 heavy (non-hydrogen) atoms. The minimum absolute atomic E-state index is 0.332. The van der Waals surface area contributed by atoms with Crippen LogP contribution >= 0.6 is 50.7 Å². The lowest BCUT2D eigenvalue weighted by Crippen LogP contribution is -2.13. The summed E-state index contributed by atoms with van der Waals surface area (Å²) in [6, 6.07) is 10.4. The lowest BCUT2D eigenvalue weighted by atomic mass is 10.00. The number of halogens is 4. The maximum absolute atomic E-state index is 6.22. The largest absolute Gasteiger partial charge is 0.320 e. The van der Waals surface area contributed by atoms with E-state index in [0.29, 0.717) is 15.1 Å². The summed E-state index contributed by atoms with van der Waals surface area (Å²) in [6.07, 6.45) is 0. The van der Waals surface area contributed by atoms with Gasteiger partial charge >= 0.3 is 0 Å². The molecule has 2 N–H and O–H groups in total. The van der Waals surface area contributed by atoms with Gasteiger partial charge in [-0.15, -0.1) is 0 Å². The van der Waals surface area contributed by atoms with Crippen LogP contribution in [-0.4, -0.2) is 0 Å². The van der Waals surface area contributed by atoms with Crippen molar-refractivity contribution in [1.82, 2.24) is 0 Å². The molecule has 1 unspecified atom stereocenters. The molecule has 0 bridgehead atoms. The van der Waals surface area contributed by atoms with Crippen LogP contribution in [0.25, 0.3) is 0 Å². The third-order valence-electron chi connectivity index (χ3n) is 2.60. The van der Waals surface area contributed by atoms with Crippen LogP contribution in [0.1, 0.15) is 17.2 Å². The van der Waals surface area contributed by atoms with E-state index in [1.54, 1.807) is 24.3 Å². The highest BCUT2D eigenvalue weighted by Gasteiger charge is 2.15. The highest BCUT2D eigenvalue weighted by molar-refractivity contribution is 9.10. The summed E-state index contributed by atoms with van der Waals surface area (Å²) in [6.45, 7) is 0. The summed E-state index contributed by atoms with van der Waals surface area (Å²) >= 11 is 21.4. The van der Waals surface area contributed by atoms with E-state index >= 15 is 0 Å². The SMILES string of the molecule is NC(c1ccc(Cl)cc1Cl)c1ccc(Cl)cc1Br. The van der Waals surface area contributed by atoms with E-state index in [1.165, 1.54) is 0 Å². The monoisotopic (exact) mass is 363 g/mol. The minimum Gasteiger partial charge on any atom is -0.320 e. The second-order valence-corrected chi connectivity index (χ2v) is 5.94. The van der Waals surface area contributed by atoms with Gasteiger partial charge in [-0.25, -0.2) is 0 Å². The van der Waals surface area contributed by atoms with Crippen LogP contribution in [0, 0.1) is 0 Å². The zero-order valence-corrected chi connectivity index (χ0v) is 13.0. The predicted octanol–water partition coefficient (Wildman–Crippen LogP) is 5.46. The summed E-state index contributed by atoms with van der Waals surface area (Å²) in [5.74, 6) is 0. The van der Waals surface area contributed by atoms with Crippen molar-refractivity contribution >= 4 is 50.7 Å². The van der Waals surface area contributed by atoms with Crippen LogP contribution in [0.3, 0.4) is 0 Å². The molecule has 0 spiro atoms. The quantitative estimate of drug-likeness (QED) is 0.752. The van der Waals surface area contributed by atoms with Gasteiger partial charge in [0.2, 0.25) is 0 Å². The minimum atomic E-state index is -0.332. The highest BCUT2D eigenvalue weighted by Crippen LogP contribution is 2.33. The molecule has 2 aromatic rings. The van der Waals surface area contributed by atoms with Crippen molar-refractivity contribution in [2.75, 3.05) is 0 Å². The average Bonchev–Trinajstić information content (AvgIpc) is 2.28. The average molecular weight is 365 g/mol. The molecule has 0 aliphatic rings. The van der Waals surface area contributed by atoms with Gasteiger partial charge in [-0.2, -0.15) is 0 Å². The van der Waals surface area contributed by atoms with Gasteiger partial charge in [0.1, 0.15) is 0 Å². The molecule has 0 saturated carbocycles. The zero-order chi connectivity index (χ0) is 13.3. The fourth-order valence-electron chi connectivity index (χ4n) is 1.67. The molecule has 1 nitrogen and oxygen atoms in total.